The van der Waals surface area contributed by atoms with Crippen LogP contribution in [0, 0.1) is 15.9 Å². The van der Waals surface area contributed by atoms with E-state index in [-0.39, 0.29) is 36.6 Å². The normalized spacial score (nSPS) is 19.5. The molecule has 0 saturated carbocycles. The van der Waals surface area contributed by atoms with E-state index in [2.05, 4.69) is 9.88 Å². The summed E-state index contributed by atoms with van der Waals surface area (Å²) in [5.74, 6) is -0.431. The maximum atomic E-state index is 14.3. The SMILES string of the molecule is CN(Cc1ccc(C(F)(F)F)cc1F)C1CCN(c2ccc(OCC3(C)Cn4cc([N+](=O)[O-])nc4O3)cc2)CC1. The molecule has 0 aliphatic carbocycles. The summed E-state index contributed by atoms with van der Waals surface area (Å²) in [6.45, 7) is 4.29. The molecule has 9 nitrogen and oxygen atoms in total. The first kappa shape index (κ1) is 27.7. The number of nitrogens with zero attached hydrogens (tertiary/aromatic N) is 5. The van der Waals surface area contributed by atoms with Crippen molar-refractivity contribution in [2.24, 2.45) is 0 Å². The molecule has 0 bridgehead atoms. The van der Waals surface area contributed by atoms with Crippen LogP contribution in [0.4, 0.5) is 29.1 Å². The van der Waals surface area contributed by atoms with Crippen LogP contribution in [0.25, 0.3) is 0 Å². The first-order chi connectivity index (χ1) is 18.9. The van der Waals surface area contributed by atoms with Crippen molar-refractivity contribution in [2.75, 3.05) is 31.6 Å². The van der Waals surface area contributed by atoms with Crippen molar-refractivity contribution in [3.05, 3.63) is 75.7 Å². The smallest absolute Gasteiger partial charge is 0.416 e. The number of piperidine rings is 1. The summed E-state index contributed by atoms with van der Waals surface area (Å²) in [5.41, 5.74) is -0.398. The van der Waals surface area contributed by atoms with E-state index < -0.39 is 28.1 Å². The number of hydrogen-bond donors (Lipinski definition) is 0. The summed E-state index contributed by atoms with van der Waals surface area (Å²) in [6.07, 6.45) is -1.55. The lowest BCUT2D eigenvalue weighted by Crippen LogP contribution is -2.43. The van der Waals surface area contributed by atoms with Gasteiger partial charge >= 0.3 is 18.0 Å². The highest BCUT2D eigenvalue weighted by atomic mass is 19.4. The maximum Gasteiger partial charge on any atom is 0.416 e. The fourth-order valence-electron chi connectivity index (χ4n) is 5.16. The molecule has 0 radical (unpaired) electrons. The van der Waals surface area contributed by atoms with Gasteiger partial charge in [0, 0.05) is 41.9 Å². The first-order valence-corrected chi connectivity index (χ1v) is 12.8. The van der Waals surface area contributed by atoms with Crippen LogP contribution in [0.3, 0.4) is 0 Å². The molecule has 2 aromatic carbocycles. The van der Waals surface area contributed by atoms with Gasteiger partial charge in [-0.05, 0) is 68.1 Å². The summed E-state index contributed by atoms with van der Waals surface area (Å²) < 4.78 is 66.1. The van der Waals surface area contributed by atoms with Crippen molar-refractivity contribution in [3.63, 3.8) is 0 Å². The van der Waals surface area contributed by atoms with Gasteiger partial charge in [0.25, 0.3) is 0 Å². The van der Waals surface area contributed by atoms with Crippen molar-refractivity contribution < 1.29 is 32.0 Å². The molecule has 0 amide bonds. The average molecular weight is 564 g/mol. The van der Waals surface area contributed by atoms with Gasteiger partial charge in [-0.2, -0.15) is 13.2 Å². The van der Waals surface area contributed by atoms with Crippen molar-refractivity contribution in [1.29, 1.82) is 0 Å². The molecule has 1 saturated heterocycles. The molecule has 0 N–H and O–H groups in total. The average Bonchev–Trinajstić information content (AvgIpc) is 3.44. The Morgan fingerprint density at radius 1 is 1.20 bits per heavy atom. The van der Waals surface area contributed by atoms with Gasteiger partial charge in [-0.15, -0.1) is 0 Å². The molecule has 3 aromatic rings. The number of fused-ring (bicyclic) bond motifs is 1. The Balaban J connectivity index is 1.09. The minimum absolute atomic E-state index is 0.184. The summed E-state index contributed by atoms with van der Waals surface area (Å²) in [5, 5.41) is 10.9. The number of rotatable bonds is 8. The molecule has 1 atom stereocenters. The molecular formula is C27H29F4N5O4. The van der Waals surface area contributed by atoms with E-state index in [1.807, 2.05) is 43.1 Å². The lowest BCUT2D eigenvalue weighted by molar-refractivity contribution is -0.389. The lowest BCUT2D eigenvalue weighted by atomic mass is 10.0. The number of anilines is 1. The number of imidazole rings is 1. The van der Waals surface area contributed by atoms with E-state index in [1.54, 1.807) is 4.57 Å². The summed E-state index contributed by atoms with van der Waals surface area (Å²) in [6, 6.07) is 10.8. The minimum atomic E-state index is -4.57. The molecule has 214 valence electrons. The zero-order valence-electron chi connectivity index (χ0n) is 22.0. The first-order valence-electron chi connectivity index (χ1n) is 12.8. The fraction of sp³-hybridized carbons (Fsp3) is 0.444. The second-order valence-electron chi connectivity index (χ2n) is 10.5. The summed E-state index contributed by atoms with van der Waals surface area (Å²) in [7, 11) is 1.87. The number of ether oxygens (including phenoxy) is 2. The van der Waals surface area contributed by atoms with Crippen LogP contribution < -0.4 is 14.4 Å². The molecule has 0 spiro atoms. The van der Waals surface area contributed by atoms with Gasteiger partial charge in [0.1, 0.15) is 24.4 Å². The summed E-state index contributed by atoms with van der Waals surface area (Å²) >= 11 is 0. The predicted octanol–water partition coefficient (Wildman–Crippen LogP) is 5.28. The molecular weight excluding hydrogens is 534 g/mol. The molecule has 13 heteroatoms. The van der Waals surface area contributed by atoms with Crippen LogP contribution in [0.2, 0.25) is 0 Å². The van der Waals surface area contributed by atoms with Crippen molar-refractivity contribution in [2.45, 2.75) is 50.7 Å². The second-order valence-corrected chi connectivity index (χ2v) is 10.5. The van der Waals surface area contributed by atoms with Gasteiger partial charge in [-0.25, -0.2) is 4.39 Å². The largest absolute Gasteiger partial charge is 0.489 e. The molecule has 5 rings (SSSR count). The number of aromatic nitrogens is 2. The number of benzene rings is 2. The highest BCUT2D eigenvalue weighted by Crippen LogP contribution is 2.33. The third-order valence-corrected chi connectivity index (χ3v) is 7.39. The number of halogens is 4. The van der Waals surface area contributed by atoms with Crippen LogP contribution in [0.5, 0.6) is 11.8 Å². The van der Waals surface area contributed by atoms with Crippen LogP contribution in [0.1, 0.15) is 30.9 Å². The minimum Gasteiger partial charge on any atom is -0.489 e. The Morgan fingerprint density at radius 2 is 1.90 bits per heavy atom. The highest BCUT2D eigenvalue weighted by molar-refractivity contribution is 5.49. The van der Waals surface area contributed by atoms with Gasteiger partial charge in [-0.3, -0.25) is 9.47 Å². The Bertz CT molecular complexity index is 1350. The zero-order valence-corrected chi connectivity index (χ0v) is 22.0. The van der Waals surface area contributed by atoms with Gasteiger partial charge in [0.15, 0.2) is 5.60 Å². The Labute approximate surface area is 228 Å². The Kier molecular flexibility index (Phi) is 7.34. The van der Waals surface area contributed by atoms with Gasteiger partial charge in [0.2, 0.25) is 0 Å². The second kappa shape index (κ2) is 10.6. The molecule has 1 fully saturated rings. The predicted molar refractivity (Wildman–Crippen MR) is 138 cm³/mol. The van der Waals surface area contributed by atoms with Gasteiger partial charge < -0.3 is 24.5 Å². The molecule has 2 aliphatic rings. The number of alkyl halides is 3. The third kappa shape index (κ3) is 5.98. The molecule has 1 unspecified atom stereocenters. The van der Waals surface area contributed by atoms with Crippen molar-refractivity contribution >= 4 is 11.5 Å². The quantitative estimate of drug-likeness (QED) is 0.209. The van der Waals surface area contributed by atoms with Gasteiger partial charge in [0.05, 0.1) is 12.1 Å². The molecule has 1 aromatic heterocycles. The third-order valence-electron chi connectivity index (χ3n) is 7.39. The fourth-order valence-corrected chi connectivity index (χ4v) is 5.16. The zero-order chi connectivity index (χ0) is 28.7. The maximum absolute atomic E-state index is 14.3. The van der Waals surface area contributed by atoms with Crippen LogP contribution in [0.15, 0.2) is 48.7 Å². The molecule has 2 aliphatic heterocycles. The standard InChI is InChI=1S/C27H29F4N5O4/c1-26(16-35-15-24(36(37)38)32-25(35)40-26)17-39-22-7-5-21(6-8-22)34-11-9-20(10-12-34)33(2)14-18-3-4-19(13-23(18)28)27(29,30)31/h3-8,13,15,20H,9-12,14,16-17H2,1-2H3. The van der Waals surface area contributed by atoms with Gasteiger partial charge in [-0.1, -0.05) is 6.07 Å². The van der Waals surface area contributed by atoms with E-state index >= 15 is 0 Å². The van der Waals surface area contributed by atoms with E-state index in [1.165, 1.54) is 12.3 Å². The van der Waals surface area contributed by atoms with Crippen LogP contribution >= 0.6 is 0 Å². The Hall–Kier alpha value is -3.87. The van der Waals surface area contributed by atoms with Crippen molar-refractivity contribution in [1.82, 2.24) is 14.5 Å². The molecule has 3 heterocycles. The lowest BCUT2D eigenvalue weighted by Gasteiger charge is -2.38. The van der Waals surface area contributed by atoms with Crippen LogP contribution in [-0.2, 0) is 19.3 Å². The number of hydrogen-bond acceptors (Lipinski definition) is 7. The summed E-state index contributed by atoms with van der Waals surface area (Å²) in [4.78, 5) is 18.4. The van der Waals surface area contributed by atoms with E-state index in [4.69, 9.17) is 9.47 Å². The monoisotopic (exact) mass is 563 g/mol. The topological polar surface area (TPSA) is 85.9 Å². The Morgan fingerprint density at radius 3 is 2.50 bits per heavy atom. The van der Waals surface area contributed by atoms with Crippen molar-refractivity contribution in [3.8, 4) is 11.8 Å². The van der Waals surface area contributed by atoms with E-state index in [9.17, 15) is 27.7 Å². The highest BCUT2D eigenvalue weighted by Gasteiger charge is 2.41. The molecule has 40 heavy (non-hydrogen) atoms. The van der Waals surface area contributed by atoms with E-state index in [0.29, 0.717) is 18.4 Å². The van der Waals surface area contributed by atoms with Crippen LogP contribution in [-0.4, -0.2) is 57.8 Å². The number of nitro groups is 1. The van der Waals surface area contributed by atoms with E-state index in [0.717, 1.165) is 37.7 Å².